The van der Waals surface area contributed by atoms with E-state index in [1.165, 1.54) is 6.20 Å². The second-order valence-electron chi connectivity index (χ2n) is 7.56. The van der Waals surface area contributed by atoms with E-state index in [0.717, 1.165) is 49.7 Å². The minimum Gasteiger partial charge on any atom is -0.477 e. The van der Waals surface area contributed by atoms with Crippen LogP contribution in [0.15, 0.2) is 30.5 Å². The topological polar surface area (TPSA) is 50.2 Å². The van der Waals surface area contributed by atoms with Crippen LogP contribution in [-0.4, -0.2) is 22.2 Å². The Morgan fingerprint density at radius 1 is 1.07 bits per heavy atom. The summed E-state index contributed by atoms with van der Waals surface area (Å²) >= 11 is 6.39. The molecule has 0 spiro atoms. The zero-order valence-electron chi connectivity index (χ0n) is 17.1. The van der Waals surface area contributed by atoms with Gasteiger partial charge in [0, 0.05) is 23.7 Å². The predicted octanol–water partition coefficient (Wildman–Crippen LogP) is 7.63. The van der Waals surface area contributed by atoms with Crippen molar-refractivity contribution in [3.05, 3.63) is 52.3 Å². The normalized spacial score (nSPS) is 11.6. The van der Waals surface area contributed by atoms with E-state index in [9.17, 15) is 18.0 Å². The summed E-state index contributed by atoms with van der Waals surface area (Å²) in [5, 5.41) is 9.56. The standard InChI is InChI=1S/C23H27ClF3NO2/c1-16-20(24)19(15-28-21(16)22(29)30)18-12-9-11-17(14-18)10-7-5-3-2-4-6-8-13-23(25,26)27/h9,11-12,14-15H,2-8,10,13H2,1H3,(H,29,30). The van der Waals surface area contributed by atoms with E-state index in [0.29, 0.717) is 22.6 Å². The number of carboxylic acids is 1. The molecule has 0 unspecified atom stereocenters. The number of unbranched alkanes of at least 4 members (excludes halogenated alkanes) is 6. The molecule has 7 heteroatoms. The van der Waals surface area contributed by atoms with Gasteiger partial charge in [0.2, 0.25) is 0 Å². The molecule has 0 aliphatic rings. The minimum atomic E-state index is -4.04. The third kappa shape index (κ3) is 7.63. The van der Waals surface area contributed by atoms with E-state index < -0.39 is 18.6 Å². The number of carbonyl (C=O) groups is 1. The lowest BCUT2D eigenvalue weighted by molar-refractivity contribution is -0.135. The van der Waals surface area contributed by atoms with Gasteiger partial charge in [-0.1, -0.05) is 68.0 Å². The molecule has 1 N–H and O–H groups in total. The lowest BCUT2D eigenvalue weighted by Gasteiger charge is -2.10. The quantitative estimate of drug-likeness (QED) is 0.364. The molecule has 1 aromatic carbocycles. The molecule has 0 aliphatic heterocycles. The fraction of sp³-hybridized carbons (Fsp3) is 0.478. The number of rotatable bonds is 11. The van der Waals surface area contributed by atoms with Crippen molar-refractivity contribution < 1.29 is 23.1 Å². The average molecular weight is 442 g/mol. The molecule has 0 atom stereocenters. The molecule has 2 rings (SSSR count). The summed E-state index contributed by atoms with van der Waals surface area (Å²) in [7, 11) is 0. The van der Waals surface area contributed by atoms with Crippen LogP contribution < -0.4 is 0 Å². The molecule has 0 bridgehead atoms. The number of halogens is 4. The van der Waals surface area contributed by atoms with Crippen LogP contribution in [0.2, 0.25) is 5.02 Å². The molecule has 0 amide bonds. The van der Waals surface area contributed by atoms with E-state index in [4.69, 9.17) is 16.7 Å². The Kier molecular flexibility index (Phi) is 9.15. The van der Waals surface area contributed by atoms with Crippen LogP contribution in [0.25, 0.3) is 11.1 Å². The number of aromatic carboxylic acids is 1. The molecule has 3 nitrogen and oxygen atoms in total. The van der Waals surface area contributed by atoms with E-state index in [2.05, 4.69) is 4.98 Å². The van der Waals surface area contributed by atoms with Gasteiger partial charge in [0.25, 0.3) is 0 Å². The molecule has 2 aromatic rings. The van der Waals surface area contributed by atoms with Crippen molar-refractivity contribution in [1.82, 2.24) is 4.98 Å². The van der Waals surface area contributed by atoms with Crippen LogP contribution >= 0.6 is 11.6 Å². The first kappa shape index (κ1) is 24.2. The third-order valence-corrected chi connectivity index (χ3v) is 5.60. The lowest BCUT2D eigenvalue weighted by atomic mass is 9.99. The number of alkyl halides is 3. The van der Waals surface area contributed by atoms with Crippen molar-refractivity contribution in [3.8, 4) is 11.1 Å². The molecule has 0 saturated heterocycles. The van der Waals surface area contributed by atoms with Crippen molar-refractivity contribution in [2.75, 3.05) is 0 Å². The highest BCUT2D eigenvalue weighted by atomic mass is 35.5. The highest BCUT2D eigenvalue weighted by molar-refractivity contribution is 6.34. The summed E-state index contributed by atoms with van der Waals surface area (Å²) in [4.78, 5) is 15.2. The van der Waals surface area contributed by atoms with E-state index >= 15 is 0 Å². The summed E-state index contributed by atoms with van der Waals surface area (Å²) in [5.74, 6) is -1.10. The maximum atomic E-state index is 12.1. The Bertz CT molecular complexity index is 853. The first-order chi connectivity index (χ1) is 14.2. The summed E-state index contributed by atoms with van der Waals surface area (Å²) in [6.07, 6.45) is 3.43. The first-order valence-corrected chi connectivity index (χ1v) is 10.6. The number of aryl methyl sites for hydroxylation is 1. The van der Waals surface area contributed by atoms with Crippen molar-refractivity contribution >= 4 is 17.6 Å². The van der Waals surface area contributed by atoms with E-state index in [1.807, 2.05) is 24.3 Å². The predicted molar refractivity (Wildman–Crippen MR) is 113 cm³/mol. The van der Waals surface area contributed by atoms with Gasteiger partial charge in [-0.15, -0.1) is 0 Å². The Labute approximate surface area is 180 Å². The Balaban J connectivity index is 1.80. The molecule has 1 aromatic heterocycles. The van der Waals surface area contributed by atoms with Crippen molar-refractivity contribution in [2.45, 2.75) is 70.9 Å². The van der Waals surface area contributed by atoms with Crippen LogP contribution in [0.1, 0.15) is 73.0 Å². The number of benzene rings is 1. The number of aromatic nitrogens is 1. The van der Waals surface area contributed by atoms with Crippen LogP contribution in [0, 0.1) is 6.92 Å². The smallest absolute Gasteiger partial charge is 0.389 e. The van der Waals surface area contributed by atoms with Gasteiger partial charge in [-0.25, -0.2) is 9.78 Å². The van der Waals surface area contributed by atoms with Gasteiger partial charge < -0.3 is 5.11 Å². The summed E-state index contributed by atoms with van der Waals surface area (Å²) in [6, 6.07) is 7.95. The molecule has 0 fully saturated rings. The summed E-state index contributed by atoms with van der Waals surface area (Å²) in [5.41, 5.74) is 3.17. The van der Waals surface area contributed by atoms with Gasteiger partial charge in [-0.2, -0.15) is 13.2 Å². The molecular formula is C23H27ClF3NO2. The number of hydrogen-bond acceptors (Lipinski definition) is 2. The molecule has 0 saturated carbocycles. The highest BCUT2D eigenvalue weighted by Crippen LogP contribution is 2.32. The van der Waals surface area contributed by atoms with Crippen molar-refractivity contribution in [2.24, 2.45) is 0 Å². The molecule has 30 heavy (non-hydrogen) atoms. The Hall–Kier alpha value is -2.08. The number of pyridine rings is 1. The van der Waals surface area contributed by atoms with Gasteiger partial charge in [-0.3, -0.25) is 0 Å². The Morgan fingerprint density at radius 3 is 2.33 bits per heavy atom. The number of carboxylic acid groups (broad SMARTS) is 1. The molecular weight excluding hydrogens is 415 g/mol. The van der Waals surface area contributed by atoms with E-state index in [1.54, 1.807) is 6.92 Å². The average Bonchev–Trinajstić information content (AvgIpc) is 2.68. The number of nitrogens with zero attached hydrogens (tertiary/aromatic N) is 1. The van der Waals surface area contributed by atoms with Gasteiger partial charge in [0.1, 0.15) is 0 Å². The minimum absolute atomic E-state index is 0.0432. The van der Waals surface area contributed by atoms with Crippen LogP contribution in [0.5, 0.6) is 0 Å². The van der Waals surface area contributed by atoms with Crippen LogP contribution in [-0.2, 0) is 6.42 Å². The molecule has 1 heterocycles. The van der Waals surface area contributed by atoms with Gasteiger partial charge >= 0.3 is 12.1 Å². The molecule has 164 valence electrons. The Morgan fingerprint density at radius 2 is 1.70 bits per heavy atom. The zero-order chi connectivity index (χ0) is 22.1. The van der Waals surface area contributed by atoms with Gasteiger partial charge in [0.05, 0.1) is 5.02 Å². The van der Waals surface area contributed by atoms with Gasteiger partial charge in [0.15, 0.2) is 5.69 Å². The second-order valence-corrected chi connectivity index (χ2v) is 7.93. The monoisotopic (exact) mass is 441 g/mol. The maximum Gasteiger partial charge on any atom is 0.389 e. The largest absolute Gasteiger partial charge is 0.477 e. The fourth-order valence-electron chi connectivity index (χ4n) is 3.44. The van der Waals surface area contributed by atoms with Gasteiger partial charge in [-0.05, 0) is 37.3 Å². The van der Waals surface area contributed by atoms with Crippen LogP contribution in [0.4, 0.5) is 13.2 Å². The van der Waals surface area contributed by atoms with E-state index in [-0.39, 0.29) is 12.1 Å². The molecule has 0 radical (unpaired) electrons. The summed E-state index contributed by atoms with van der Waals surface area (Å²) < 4.78 is 36.3. The maximum absolute atomic E-state index is 12.1. The van der Waals surface area contributed by atoms with Crippen LogP contribution in [0.3, 0.4) is 0 Å². The third-order valence-electron chi connectivity index (χ3n) is 5.11. The SMILES string of the molecule is Cc1c(C(=O)O)ncc(-c2cccc(CCCCCCCCCC(F)(F)F)c2)c1Cl. The number of hydrogen-bond donors (Lipinski definition) is 1. The highest BCUT2D eigenvalue weighted by Gasteiger charge is 2.25. The fourth-order valence-corrected chi connectivity index (χ4v) is 3.69. The van der Waals surface area contributed by atoms with Crippen molar-refractivity contribution in [1.29, 1.82) is 0 Å². The summed E-state index contributed by atoms with van der Waals surface area (Å²) in [6.45, 7) is 1.65. The second kappa shape index (κ2) is 11.3. The lowest BCUT2D eigenvalue weighted by Crippen LogP contribution is -2.06. The zero-order valence-corrected chi connectivity index (χ0v) is 17.8. The first-order valence-electron chi connectivity index (χ1n) is 10.2. The van der Waals surface area contributed by atoms with Crippen molar-refractivity contribution in [3.63, 3.8) is 0 Å². The molecule has 0 aliphatic carbocycles.